The normalized spacial score (nSPS) is 20.2. The first kappa shape index (κ1) is 14.3. The summed E-state index contributed by atoms with van der Waals surface area (Å²) in [5, 5.41) is 3.59. The van der Waals surface area contributed by atoms with E-state index in [0.717, 1.165) is 24.0 Å². The Balaban J connectivity index is 1.91. The summed E-state index contributed by atoms with van der Waals surface area (Å²) < 4.78 is 0.897. The molecule has 4 heteroatoms. The molecule has 0 bridgehead atoms. The Bertz CT molecular complexity index is 358. The molecule has 18 heavy (non-hydrogen) atoms. The molecule has 102 valence electrons. The van der Waals surface area contributed by atoms with Gasteiger partial charge in [0.25, 0.3) is 0 Å². The SMILES string of the molecule is CC(C)CN(Cc1ccc(Cl)s1)CC1CCCN1. The Kier molecular flexibility index (Phi) is 5.49. The van der Waals surface area contributed by atoms with Crippen LogP contribution in [0.3, 0.4) is 0 Å². The molecule has 1 unspecified atom stereocenters. The number of nitrogens with one attached hydrogen (secondary N) is 1. The first-order valence-electron chi connectivity index (χ1n) is 6.83. The van der Waals surface area contributed by atoms with E-state index >= 15 is 0 Å². The van der Waals surface area contributed by atoms with Crippen molar-refractivity contribution in [1.29, 1.82) is 0 Å². The highest BCUT2D eigenvalue weighted by atomic mass is 35.5. The smallest absolute Gasteiger partial charge is 0.0931 e. The van der Waals surface area contributed by atoms with E-state index in [0.29, 0.717) is 12.0 Å². The topological polar surface area (TPSA) is 15.3 Å². The Hall–Kier alpha value is -0.0900. The molecule has 1 saturated heterocycles. The molecule has 1 atom stereocenters. The van der Waals surface area contributed by atoms with Crippen LogP contribution < -0.4 is 5.32 Å². The molecule has 0 spiro atoms. The largest absolute Gasteiger partial charge is 0.313 e. The van der Waals surface area contributed by atoms with Crippen molar-refractivity contribution in [2.24, 2.45) is 5.92 Å². The second kappa shape index (κ2) is 6.90. The summed E-state index contributed by atoms with van der Waals surface area (Å²) in [5.41, 5.74) is 0. The minimum Gasteiger partial charge on any atom is -0.313 e. The zero-order valence-electron chi connectivity index (χ0n) is 11.3. The zero-order valence-corrected chi connectivity index (χ0v) is 12.9. The van der Waals surface area contributed by atoms with Gasteiger partial charge in [-0.15, -0.1) is 11.3 Å². The molecule has 0 aliphatic carbocycles. The fourth-order valence-electron chi connectivity index (χ4n) is 2.60. The third-order valence-electron chi connectivity index (χ3n) is 3.27. The lowest BCUT2D eigenvalue weighted by molar-refractivity contribution is 0.218. The second-order valence-corrected chi connectivity index (χ2v) is 7.39. The van der Waals surface area contributed by atoms with Crippen LogP contribution in [0.25, 0.3) is 0 Å². The zero-order chi connectivity index (χ0) is 13.0. The van der Waals surface area contributed by atoms with Gasteiger partial charge in [0.1, 0.15) is 0 Å². The minimum absolute atomic E-state index is 0.680. The summed E-state index contributed by atoms with van der Waals surface area (Å²) >= 11 is 7.71. The number of nitrogens with zero attached hydrogens (tertiary/aromatic N) is 1. The van der Waals surface area contributed by atoms with Gasteiger partial charge in [0, 0.05) is 30.6 Å². The summed E-state index contributed by atoms with van der Waals surface area (Å²) in [6, 6.07) is 4.84. The van der Waals surface area contributed by atoms with Crippen LogP contribution in [-0.2, 0) is 6.54 Å². The molecule has 1 aliphatic rings. The third-order valence-corrected chi connectivity index (χ3v) is 4.49. The Morgan fingerprint density at radius 2 is 2.33 bits per heavy atom. The summed E-state index contributed by atoms with van der Waals surface area (Å²) in [4.78, 5) is 3.94. The predicted octanol–water partition coefficient (Wildman–Crippen LogP) is 3.61. The van der Waals surface area contributed by atoms with E-state index in [1.165, 1.54) is 24.3 Å². The molecule has 1 N–H and O–H groups in total. The molecular weight excluding hydrogens is 264 g/mol. The average molecular weight is 287 g/mol. The van der Waals surface area contributed by atoms with Gasteiger partial charge in [-0.1, -0.05) is 25.4 Å². The van der Waals surface area contributed by atoms with Crippen molar-refractivity contribution in [1.82, 2.24) is 10.2 Å². The lowest BCUT2D eigenvalue weighted by atomic mass is 10.1. The molecule has 2 heterocycles. The maximum absolute atomic E-state index is 6.01. The van der Waals surface area contributed by atoms with Crippen LogP contribution in [0.5, 0.6) is 0 Å². The maximum atomic E-state index is 6.01. The lowest BCUT2D eigenvalue weighted by Crippen LogP contribution is -2.38. The van der Waals surface area contributed by atoms with Gasteiger partial charge in [0.05, 0.1) is 4.34 Å². The molecule has 2 rings (SSSR count). The lowest BCUT2D eigenvalue weighted by Gasteiger charge is -2.26. The van der Waals surface area contributed by atoms with Gasteiger partial charge in [-0.3, -0.25) is 4.90 Å². The Labute approximate surface area is 119 Å². The van der Waals surface area contributed by atoms with Gasteiger partial charge in [-0.05, 0) is 37.4 Å². The first-order chi connectivity index (χ1) is 8.63. The third kappa shape index (κ3) is 4.54. The second-order valence-electron chi connectivity index (χ2n) is 5.59. The molecule has 1 fully saturated rings. The number of rotatable bonds is 6. The van der Waals surface area contributed by atoms with E-state index in [2.05, 4.69) is 30.1 Å². The summed E-state index contributed by atoms with van der Waals surface area (Å²) in [5.74, 6) is 0.710. The average Bonchev–Trinajstić information content (AvgIpc) is 2.89. The fraction of sp³-hybridized carbons (Fsp3) is 0.714. The monoisotopic (exact) mass is 286 g/mol. The standard InChI is InChI=1S/C14H23ClN2S/c1-11(2)8-17(9-12-4-3-7-16-12)10-13-5-6-14(15)18-13/h5-6,11-12,16H,3-4,7-10H2,1-2H3. The molecule has 0 saturated carbocycles. The van der Waals surface area contributed by atoms with E-state index in [-0.39, 0.29) is 0 Å². The summed E-state index contributed by atoms with van der Waals surface area (Å²) in [7, 11) is 0. The van der Waals surface area contributed by atoms with Crippen molar-refractivity contribution in [3.8, 4) is 0 Å². The van der Waals surface area contributed by atoms with E-state index in [9.17, 15) is 0 Å². The molecule has 1 aromatic heterocycles. The van der Waals surface area contributed by atoms with Gasteiger partial charge in [0.2, 0.25) is 0 Å². The minimum atomic E-state index is 0.680. The van der Waals surface area contributed by atoms with Crippen LogP contribution in [-0.4, -0.2) is 30.6 Å². The van der Waals surface area contributed by atoms with E-state index in [1.807, 2.05) is 6.07 Å². The fourth-order valence-corrected chi connectivity index (χ4v) is 3.73. The van der Waals surface area contributed by atoms with Crippen molar-refractivity contribution in [3.63, 3.8) is 0 Å². The van der Waals surface area contributed by atoms with Gasteiger partial charge in [0.15, 0.2) is 0 Å². The van der Waals surface area contributed by atoms with Crippen molar-refractivity contribution in [2.45, 2.75) is 39.3 Å². The Morgan fingerprint density at radius 1 is 1.50 bits per heavy atom. The molecule has 0 amide bonds. The summed E-state index contributed by atoms with van der Waals surface area (Å²) in [6.45, 7) is 9.12. The van der Waals surface area contributed by atoms with Gasteiger partial charge in [-0.25, -0.2) is 0 Å². The Morgan fingerprint density at radius 3 is 2.89 bits per heavy atom. The highest BCUT2D eigenvalue weighted by Crippen LogP contribution is 2.23. The number of halogens is 1. The van der Waals surface area contributed by atoms with Gasteiger partial charge in [-0.2, -0.15) is 0 Å². The van der Waals surface area contributed by atoms with Crippen LogP contribution in [0.2, 0.25) is 4.34 Å². The number of thiophene rings is 1. The van der Waals surface area contributed by atoms with Crippen molar-refractivity contribution >= 4 is 22.9 Å². The van der Waals surface area contributed by atoms with E-state index < -0.39 is 0 Å². The summed E-state index contributed by atoms with van der Waals surface area (Å²) in [6.07, 6.45) is 2.64. The van der Waals surface area contributed by atoms with Crippen molar-refractivity contribution in [2.75, 3.05) is 19.6 Å². The molecule has 0 radical (unpaired) electrons. The first-order valence-corrected chi connectivity index (χ1v) is 8.03. The van der Waals surface area contributed by atoms with Crippen molar-refractivity contribution in [3.05, 3.63) is 21.3 Å². The van der Waals surface area contributed by atoms with Crippen LogP contribution in [0, 0.1) is 5.92 Å². The van der Waals surface area contributed by atoms with Crippen LogP contribution in [0.1, 0.15) is 31.6 Å². The van der Waals surface area contributed by atoms with Crippen LogP contribution in [0.15, 0.2) is 12.1 Å². The highest BCUT2D eigenvalue weighted by Gasteiger charge is 2.19. The number of hydrogen-bond donors (Lipinski definition) is 1. The van der Waals surface area contributed by atoms with Crippen LogP contribution in [0.4, 0.5) is 0 Å². The molecule has 2 nitrogen and oxygen atoms in total. The molecular formula is C14H23ClN2S. The molecule has 1 aliphatic heterocycles. The highest BCUT2D eigenvalue weighted by molar-refractivity contribution is 7.16. The maximum Gasteiger partial charge on any atom is 0.0931 e. The van der Waals surface area contributed by atoms with Crippen molar-refractivity contribution < 1.29 is 0 Å². The van der Waals surface area contributed by atoms with Gasteiger partial charge < -0.3 is 5.32 Å². The quantitative estimate of drug-likeness (QED) is 0.859. The predicted molar refractivity (Wildman–Crippen MR) is 80.5 cm³/mol. The van der Waals surface area contributed by atoms with Crippen LogP contribution >= 0.6 is 22.9 Å². The number of hydrogen-bond acceptors (Lipinski definition) is 3. The van der Waals surface area contributed by atoms with E-state index in [1.54, 1.807) is 11.3 Å². The molecule has 1 aromatic rings. The van der Waals surface area contributed by atoms with Gasteiger partial charge >= 0.3 is 0 Å². The molecule has 0 aromatic carbocycles. The van der Waals surface area contributed by atoms with E-state index in [4.69, 9.17) is 11.6 Å².